The van der Waals surface area contributed by atoms with Crippen molar-refractivity contribution in [3.05, 3.63) is 11.4 Å². The number of hydrogen-bond donors (Lipinski definition) is 1. The molecule has 4 aliphatic rings. The Kier molecular flexibility index (Phi) is 6.14. The molecular formula is C27H44FNO. The van der Waals surface area contributed by atoms with Crippen LogP contribution in [0.2, 0.25) is 0 Å². The highest BCUT2D eigenvalue weighted by molar-refractivity contribution is 5.99. The molecule has 0 aromatic rings. The van der Waals surface area contributed by atoms with Gasteiger partial charge in [-0.2, -0.15) is 0 Å². The molecule has 7 atom stereocenters. The first-order valence-corrected chi connectivity index (χ1v) is 12.8. The molecule has 2 nitrogen and oxygen atoms in total. The maximum Gasteiger partial charge on any atom is 0.147 e. The summed E-state index contributed by atoms with van der Waals surface area (Å²) in [5.74, 6) is 4.53. The number of nitrogens with zero attached hydrogens (tertiary/aromatic N) is 1. The lowest BCUT2D eigenvalue weighted by atomic mass is 9.46. The minimum atomic E-state index is -0.180. The van der Waals surface area contributed by atoms with Crippen molar-refractivity contribution in [1.29, 1.82) is 0 Å². The van der Waals surface area contributed by atoms with Crippen LogP contribution in [0.3, 0.4) is 0 Å². The van der Waals surface area contributed by atoms with Gasteiger partial charge in [0.05, 0.1) is 0 Å². The molecule has 170 valence electrons. The molecule has 3 saturated carbocycles. The van der Waals surface area contributed by atoms with Crippen LogP contribution in [-0.2, 0) is 0 Å². The molecular weight excluding hydrogens is 373 g/mol. The first kappa shape index (κ1) is 22.3. The molecule has 4 rings (SSSR count). The fraction of sp³-hybridized carbons (Fsp3) is 0.889. The van der Waals surface area contributed by atoms with Crippen molar-refractivity contribution in [2.45, 2.75) is 105 Å². The van der Waals surface area contributed by atoms with Crippen molar-refractivity contribution < 1.29 is 9.60 Å². The summed E-state index contributed by atoms with van der Waals surface area (Å²) in [6.07, 6.45) is 13.0. The highest BCUT2D eigenvalue weighted by Crippen LogP contribution is 2.68. The number of halogens is 1. The van der Waals surface area contributed by atoms with E-state index in [9.17, 15) is 5.21 Å². The maximum absolute atomic E-state index is 15.1. The molecule has 30 heavy (non-hydrogen) atoms. The second-order valence-electron chi connectivity index (χ2n) is 12.2. The second-order valence-corrected chi connectivity index (χ2v) is 12.2. The topological polar surface area (TPSA) is 32.6 Å². The number of fused-ring (bicyclic) bond motifs is 5. The van der Waals surface area contributed by atoms with E-state index in [-0.39, 0.29) is 17.0 Å². The van der Waals surface area contributed by atoms with E-state index in [2.05, 4.69) is 39.8 Å². The van der Waals surface area contributed by atoms with Gasteiger partial charge in [0.15, 0.2) is 0 Å². The Labute approximate surface area is 183 Å². The molecule has 3 heteroatoms. The monoisotopic (exact) mass is 417 g/mol. The molecule has 3 fully saturated rings. The Morgan fingerprint density at radius 1 is 1.00 bits per heavy atom. The van der Waals surface area contributed by atoms with E-state index in [1.807, 2.05) is 0 Å². The van der Waals surface area contributed by atoms with E-state index in [1.165, 1.54) is 44.9 Å². The smallest absolute Gasteiger partial charge is 0.147 e. The van der Waals surface area contributed by atoms with Gasteiger partial charge in [0, 0.05) is 0 Å². The van der Waals surface area contributed by atoms with Crippen LogP contribution in [0.1, 0.15) is 105 Å². The van der Waals surface area contributed by atoms with Crippen molar-refractivity contribution in [3.63, 3.8) is 0 Å². The molecule has 0 bridgehead atoms. The lowest BCUT2D eigenvalue weighted by molar-refractivity contribution is -0.0584. The van der Waals surface area contributed by atoms with Gasteiger partial charge < -0.3 is 5.21 Å². The summed E-state index contributed by atoms with van der Waals surface area (Å²) in [5.41, 5.74) is 1.73. The van der Waals surface area contributed by atoms with Gasteiger partial charge in [-0.25, -0.2) is 4.39 Å². The number of hydrogen-bond acceptors (Lipinski definition) is 2. The van der Waals surface area contributed by atoms with Gasteiger partial charge in [-0.05, 0) is 103 Å². The highest BCUT2D eigenvalue weighted by Gasteiger charge is 2.60. The van der Waals surface area contributed by atoms with Crippen molar-refractivity contribution >= 4 is 5.71 Å². The zero-order chi connectivity index (χ0) is 21.7. The minimum Gasteiger partial charge on any atom is -0.411 e. The summed E-state index contributed by atoms with van der Waals surface area (Å²) in [6.45, 7) is 12.2. The molecule has 1 N–H and O–H groups in total. The van der Waals surface area contributed by atoms with Crippen LogP contribution in [0.25, 0.3) is 0 Å². The van der Waals surface area contributed by atoms with E-state index >= 15 is 4.39 Å². The maximum atomic E-state index is 15.1. The first-order valence-electron chi connectivity index (χ1n) is 12.8. The second kappa shape index (κ2) is 8.24. The van der Waals surface area contributed by atoms with Gasteiger partial charge in [-0.3, -0.25) is 0 Å². The Morgan fingerprint density at radius 2 is 1.77 bits per heavy atom. The zero-order valence-electron chi connectivity index (χ0n) is 20.0. The van der Waals surface area contributed by atoms with E-state index < -0.39 is 0 Å². The summed E-state index contributed by atoms with van der Waals surface area (Å²) in [6, 6.07) is 0. The van der Waals surface area contributed by atoms with Crippen molar-refractivity contribution in [3.8, 4) is 0 Å². The Balaban J connectivity index is 1.52. The van der Waals surface area contributed by atoms with Crippen LogP contribution >= 0.6 is 0 Å². The van der Waals surface area contributed by atoms with Crippen LogP contribution in [0.4, 0.5) is 4.39 Å². The fourth-order valence-corrected chi connectivity index (χ4v) is 8.78. The average Bonchev–Trinajstić information content (AvgIpc) is 3.05. The minimum absolute atomic E-state index is 0.0243. The van der Waals surface area contributed by atoms with E-state index in [0.717, 1.165) is 54.4 Å². The molecule has 0 spiro atoms. The molecule has 0 aromatic carbocycles. The largest absolute Gasteiger partial charge is 0.411 e. The molecule has 0 saturated heterocycles. The van der Waals surface area contributed by atoms with Crippen molar-refractivity contribution in [1.82, 2.24) is 0 Å². The number of oxime groups is 1. The summed E-state index contributed by atoms with van der Waals surface area (Å²) in [5, 5.41) is 12.5. The standard InChI is InChI=1S/C27H44FNO/c1-17(2)7-6-8-18(3)20-11-12-21-19-9-10-23-25(28)24(29-30)14-16-27(23,5)22(19)13-15-26(20,21)4/h17-22,30H,6-16H2,1-5H3/t18-,19+,20-,21+,22+,26-,27-/m1/s1. The fourth-order valence-electron chi connectivity index (χ4n) is 8.78. The average molecular weight is 418 g/mol. The Hall–Kier alpha value is -0.860. The SMILES string of the molecule is CC(C)CCC[C@@H](C)[C@H]1CC[C@H]2[C@@H]3CCC4=C(F)C(=NO)CC[C@]4(C)[C@H]3CC[C@]12C. The van der Waals surface area contributed by atoms with E-state index in [4.69, 9.17) is 0 Å². The lowest BCUT2D eigenvalue weighted by Gasteiger charge is -2.58. The van der Waals surface area contributed by atoms with Crippen LogP contribution in [0.15, 0.2) is 16.6 Å². The van der Waals surface area contributed by atoms with Crippen LogP contribution < -0.4 is 0 Å². The molecule has 0 heterocycles. The third-order valence-electron chi connectivity index (χ3n) is 10.4. The third-order valence-corrected chi connectivity index (χ3v) is 10.4. The number of allylic oxidation sites excluding steroid dienone is 2. The molecule has 0 radical (unpaired) electrons. The van der Waals surface area contributed by atoms with Gasteiger partial charge in [0.25, 0.3) is 0 Å². The lowest BCUT2D eigenvalue weighted by Crippen LogP contribution is -2.51. The predicted octanol–water partition coefficient (Wildman–Crippen LogP) is 8.16. The zero-order valence-corrected chi connectivity index (χ0v) is 20.0. The molecule has 0 unspecified atom stereocenters. The Morgan fingerprint density at radius 3 is 2.47 bits per heavy atom. The van der Waals surface area contributed by atoms with Gasteiger partial charge >= 0.3 is 0 Å². The quantitative estimate of drug-likeness (QED) is 0.355. The first-order chi connectivity index (χ1) is 14.2. The molecule has 0 aromatic heterocycles. The predicted molar refractivity (Wildman–Crippen MR) is 122 cm³/mol. The summed E-state index contributed by atoms with van der Waals surface area (Å²) in [4.78, 5) is 0. The van der Waals surface area contributed by atoms with E-state index in [0.29, 0.717) is 17.8 Å². The summed E-state index contributed by atoms with van der Waals surface area (Å²) < 4.78 is 15.1. The van der Waals surface area contributed by atoms with Gasteiger partial charge in [0.2, 0.25) is 0 Å². The number of rotatable bonds is 5. The molecule has 0 aliphatic heterocycles. The van der Waals surface area contributed by atoms with Crippen molar-refractivity contribution in [2.75, 3.05) is 0 Å². The van der Waals surface area contributed by atoms with E-state index in [1.54, 1.807) is 0 Å². The molecule has 4 aliphatic carbocycles. The van der Waals surface area contributed by atoms with Crippen LogP contribution in [0.5, 0.6) is 0 Å². The summed E-state index contributed by atoms with van der Waals surface area (Å²) >= 11 is 0. The van der Waals surface area contributed by atoms with Crippen molar-refractivity contribution in [2.24, 2.45) is 51.5 Å². The molecule has 0 amide bonds. The Bertz CT molecular complexity index is 712. The van der Waals surface area contributed by atoms with Crippen LogP contribution in [0, 0.1) is 46.3 Å². The van der Waals surface area contributed by atoms with Gasteiger partial charge in [-0.15, -0.1) is 0 Å². The van der Waals surface area contributed by atoms with Gasteiger partial charge in [-0.1, -0.05) is 59.0 Å². The van der Waals surface area contributed by atoms with Crippen LogP contribution in [-0.4, -0.2) is 10.9 Å². The third kappa shape index (κ3) is 3.47. The normalized spacial score (nSPS) is 43.5. The highest BCUT2D eigenvalue weighted by atomic mass is 19.1. The van der Waals surface area contributed by atoms with Gasteiger partial charge in [0.1, 0.15) is 11.5 Å². The summed E-state index contributed by atoms with van der Waals surface area (Å²) in [7, 11) is 0.